The second-order valence-corrected chi connectivity index (χ2v) is 8.67. The average Bonchev–Trinajstić information content (AvgIpc) is 2.78. The van der Waals surface area contributed by atoms with Crippen molar-refractivity contribution in [3.63, 3.8) is 0 Å². The van der Waals surface area contributed by atoms with E-state index in [2.05, 4.69) is 0 Å². The van der Waals surface area contributed by atoms with Gasteiger partial charge in [-0.1, -0.05) is 12.5 Å². The zero-order valence-electron chi connectivity index (χ0n) is 16.6. The van der Waals surface area contributed by atoms with Crippen LogP contribution in [0.4, 0.5) is 0 Å². The minimum absolute atomic E-state index is 0.0782. The molecule has 1 aliphatic heterocycles. The standard InChI is InChI=1S/C22H22N2O5S/c1-28-20-11-7-17(15-21(20)30(26,27)24-13-3-2-4-14-24)8-12-22(25)29-19-9-5-18(16-23)6-10-19/h5-12,15H,2-4,13-14H2,1H3. The van der Waals surface area contributed by atoms with E-state index in [1.807, 2.05) is 6.07 Å². The molecular weight excluding hydrogens is 404 g/mol. The maximum atomic E-state index is 13.1. The number of nitrogens with zero attached hydrogens (tertiary/aromatic N) is 2. The Kier molecular flexibility index (Phi) is 6.87. The number of hydrogen-bond donors (Lipinski definition) is 0. The molecule has 7 nitrogen and oxygen atoms in total. The van der Waals surface area contributed by atoms with Gasteiger partial charge in [-0.15, -0.1) is 0 Å². The molecule has 0 aromatic heterocycles. The van der Waals surface area contributed by atoms with Gasteiger partial charge in [-0.3, -0.25) is 0 Å². The maximum Gasteiger partial charge on any atom is 0.336 e. The summed E-state index contributed by atoms with van der Waals surface area (Å²) in [5.74, 6) is -0.0411. The van der Waals surface area contributed by atoms with Gasteiger partial charge in [-0.05, 0) is 60.9 Å². The third kappa shape index (κ3) is 5.06. The van der Waals surface area contributed by atoms with Crippen molar-refractivity contribution >= 4 is 22.1 Å². The van der Waals surface area contributed by atoms with Crippen molar-refractivity contribution in [2.24, 2.45) is 0 Å². The van der Waals surface area contributed by atoms with Crippen molar-refractivity contribution in [2.75, 3.05) is 20.2 Å². The number of hydrogen-bond acceptors (Lipinski definition) is 6. The van der Waals surface area contributed by atoms with E-state index in [0.29, 0.717) is 30.0 Å². The Morgan fingerprint density at radius 1 is 1.10 bits per heavy atom. The highest BCUT2D eigenvalue weighted by atomic mass is 32.2. The van der Waals surface area contributed by atoms with Crippen molar-refractivity contribution in [3.8, 4) is 17.6 Å². The number of benzene rings is 2. The number of carbonyl (C=O) groups excluding carboxylic acids is 1. The van der Waals surface area contributed by atoms with Crippen LogP contribution >= 0.6 is 0 Å². The van der Waals surface area contributed by atoms with Crippen LogP contribution in [0.15, 0.2) is 53.4 Å². The minimum atomic E-state index is -3.69. The molecule has 0 spiro atoms. The van der Waals surface area contributed by atoms with Gasteiger partial charge in [0.2, 0.25) is 10.0 Å². The second-order valence-electron chi connectivity index (χ2n) is 6.77. The number of piperidine rings is 1. The monoisotopic (exact) mass is 426 g/mol. The molecule has 0 N–H and O–H groups in total. The fourth-order valence-electron chi connectivity index (χ4n) is 3.15. The van der Waals surface area contributed by atoms with Gasteiger partial charge >= 0.3 is 5.97 Å². The first kappa shape index (κ1) is 21.6. The summed E-state index contributed by atoms with van der Waals surface area (Å²) < 4.78 is 38.0. The van der Waals surface area contributed by atoms with Gasteiger partial charge in [-0.2, -0.15) is 9.57 Å². The SMILES string of the molecule is COc1ccc(C=CC(=O)Oc2ccc(C#N)cc2)cc1S(=O)(=O)N1CCCCC1. The number of nitriles is 1. The van der Waals surface area contributed by atoms with E-state index in [9.17, 15) is 13.2 Å². The summed E-state index contributed by atoms with van der Waals surface area (Å²) in [7, 11) is -2.26. The highest BCUT2D eigenvalue weighted by Crippen LogP contribution is 2.30. The van der Waals surface area contributed by atoms with Crippen molar-refractivity contribution in [3.05, 3.63) is 59.7 Å². The molecule has 0 bridgehead atoms. The van der Waals surface area contributed by atoms with E-state index in [1.54, 1.807) is 24.3 Å². The van der Waals surface area contributed by atoms with Gasteiger partial charge < -0.3 is 9.47 Å². The molecule has 1 saturated heterocycles. The van der Waals surface area contributed by atoms with E-state index in [4.69, 9.17) is 14.7 Å². The van der Waals surface area contributed by atoms with Crippen LogP contribution in [-0.4, -0.2) is 38.9 Å². The molecule has 1 aliphatic rings. The summed E-state index contributed by atoms with van der Waals surface area (Å²) in [5, 5.41) is 8.80. The smallest absolute Gasteiger partial charge is 0.336 e. The molecule has 0 radical (unpaired) electrons. The minimum Gasteiger partial charge on any atom is -0.495 e. The van der Waals surface area contributed by atoms with E-state index in [1.165, 1.54) is 41.8 Å². The number of sulfonamides is 1. The molecule has 2 aromatic rings. The van der Waals surface area contributed by atoms with Gasteiger partial charge in [-0.25, -0.2) is 13.2 Å². The summed E-state index contributed by atoms with van der Waals surface area (Å²) >= 11 is 0. The van der Waals surface area contributed by atoms with E-state index in [0.717, 1.165) is 19.3 Å². The van der Waals surface area contributed by atoms with Crippen LogP contribution in [-0.2, 0) is 14.8 Å². The lowest BCUT2D eigenvalue weighted by Crippen LogP contribution is -2.35. The zero-order valence-corrected chi connectivity index (χ0v) is 17.4. The van der Waals surface area contributed by atoms with Crippen molar-refractivity contribution in [1.82, 2.24) is 4.31 Å². The van der Waals surface area contributed by atoms with E-state index >= 15 is 0 Å². The molecule has 0 saturated carbocycles. The van der Waals surface area contributed by atoms with Gasteiger partial charge in [0.15, 0.2) is 0 Å². The zero-order chi connectivity index (χ0) is 21.6. The quantitative estimate of drug-likeness (QED) is 0.399. The van der Waals surface area contributed by atoms with Crippen LogP contribution < -0.4 is 9.47 Å². The molecule has 0 atom stereocenters. The molecule has 8 heteroatoms. The molecular formula is C22H22N2O5S. The summed E-state index contributed by atoms with van der Waals surface area (Å²) in [6.07, 6.45) is 5.40. The lowest BCUT2D eigenvalue weighted by molar-refractivity contribution is -0.128. The summed E-state index contributed by atoms with van der Waals surface area (Å²) in [6.45, 7) is 0.977. The number of carbonyl (C=O) groups is 1. The van der Waals surface area contributed by atoms with Crippen LogP contribution in [0.2, 0.25) is 0 Å². The average molecular weight is 426 g/mol. The first-order chi connectivity index (χ1) is 14.4. The fourth-order valence-corrected chi connectivity index (χ4v) is 4.86. The third-order valence-corrected chi connectivity index (χ3v) is 6.65. The highest BCUT2D eigenvalue weighted by Gasteiger charge is 2.29. The molecule has 0 aliphatic carbocycles. The Balaban J connectivity index is 1.78. The number of esters is 1. The summed E-state index contributed by atoms with van der Waals surface area (Å²) in [4.78, 5) is 12.1. The van der Waals surface area contributed by atoms with Crippen LogP contribution in [0.25, 0.3) is 6.08 Å². The van der Waals surface area contributed by atoms with Crippen molar-refractivity contribution < 1.29 is 22.7 Å². The lowest BCUT2D eigenvalue weighted by atomic mass is 10.2. The number of ether oxygens (including phenoxy) is 2. The summed E-state index contributed by atoms with van der Waals surface area (Å²) in [5.41, 5.74) is 0.995. The second kappa shape index (κ2) is 9.57. The fraction of sp³-hybridized carbons (Fsp3) is 0.273. The predicted octanol–water partition coefficient (Wildman–Crippen LogP) is 3.36. The molecule has 0 unspecified atom stereocenters. The first-order valence-electron chi connectivity index (χ1n) is 9.52. The Morgan fingerprint density at radius 3 is 2.43 bits per heavy atom. The lowest BCUT2D eigenvalue weighted by Gasteiger charge is -2.26. The Labute approximate surface area is 176 Å². The van der Waals surface area contributed by atoms with Crippen molar-refractivity contribution in [2.45, 2.75) is 24.2 Å². The number of rotatable bonds is 6. The maximum absolute atomic E-state index is 13.1. The topological polar surface area (TPSA) is 96.7 Å². The summed E-state index contributed by atoms with van der Waals surface area (Å²) in [6, 6.07) is 12.9. The third-order valence-electron chi connectivity index (χ3n) is 4.73. The molecule has 1 heterocycles. The van der Waals surface area contributed by atoms with Gasteiger partial charge in [0, 0.05) is 19.2 Å². The molecule has 2 aromatic carbocycles. The predicted molar refractivity (Wildman–Crippen MR) is 111 cm³/mol. The number of methoxy groups -OCH3 is 1. The first-order valence-corrected chi connectivity index (χ1v) is 11.0. The van der Waals surface area contributed by atoms with Gasteiger partial charge in [0.05, 0.1) is 18.7 Å². The Hall–Kier alpha value is -3.15. The Morgan fingerprint density at radius 2 is 1.80 bits per heavy atom. The van der Waals surface area contributed by atoms with Crippen LogP contribution in [0.3, 0.4) is 0 Å². The van der Waals surface area contributed by atoms with E-state index < -0.39 is 16.0 Å². The normalized spacial score (nSPS) is 14.9. The Bertz CT molecular complexity index is 1080. The van der Waals surface area contributed by atoms with Gasteiger partial charge in [0.1, 0.15) is 16.4 Å². The van der Waals surface area contributed by atoms with E-state index in [-0.39, 0.29) is 10.6 Å². The van der Waals surface area contributed by atoms with Crippen LogP contribution in [0.5, 0.6) is 11.5 Å². The van der Waals surface area contributed by atoms with Crippen LogP contribution in [0.1, 0.15) is 30.4 Å². The highest BCUT2D eigenvalue weighted by molar-refractivity contribution is 7.89. The van der Waals surface area contributed by atoms with Crippen molar-refractivity contribution in [1.29, 1.82) is 5.26 Å². The largest absolute Gasteiger partial charge is 0.495 e. The molecule has 30 heavy (non-hydrogen) atoms. The molecule has 1 fully saturated rings. The van der Waals surface area contributed by atoms with Gasteiger partial charge in [0.25, 0.3) is 0 Å². The molecule has 0 amide bonds. The molecule has 156 valence electrons. The van der Waals surface area contributed by atoms with Crippen LogP contribution in [0, 0.1) is 11.3 Å². The molecule has 3 rings (SSSR count).